The average Bonchev–Trinajstić information content (AvgIpc) is 2.84. The number of aromatic nitrogens is 1. The number of nitro benzene ring substituents is 1. The molecule has 22 heavy (non-hydrogen) atoms. The van der Waals surface area contributed by atoms with Crippen LogP contribution in [0.3, 0.4) is 0 Å². The summed E-state index contributed by atoms with van der Waals surface area (Å²) in [4.78, 5) is 14.5. The first-order valence-corrected chi connectivity index (χ1v) is 7.39. The Balaban J connectivity index is 1.84. The van der Waals surface area contributed by atoms with Crippen molar-refractivity contribution in [3.63, 3.8) is 0 Å². The summed E-state index contributed by atoms with van der Waals surface area (Å²) in [7, 11) is 0. The molecule has 1 aliphatic rings. The molecule has 3 rings (SSSR count). The Kier molecular flexibility index (Phi) is 3.66. The minimum absolute atomic E-state index is 0.0339. The molecule has 2 atom stereocenters. The van der Waals surface area contributed by atoms with E-state index in [2.05, 4.69) is 36.3 Å². The van der Waals surface area contributed by atoms with E-state index >= 15 is 0 Å². The highest BCUT2D eigenvalue weighted by Gasteiger charge is 2.41. The van der Waals surface area contributed by atoms with E-state index in [9.17, 15) is 10.1 Å². The van der Waals surface area contributed by atoms with Gasteiger partial charge in [0, 0.05) is 42.0 Å². The molecule has 1 aromatic heterocycles. The smallest absolute Gasteiger partial charge is 0.269 e. The third kappa shape index (κ3) is 2.72. The predicted molar refractivity (Wildman–Crippen MR) is 84.6 cm³/mol. The lowest BCUT2D eigenvalue weighted by molar-refractivity contribution is -0.384. The Hall–Kier alpha value is -2.27. The zero-order valence-electron chi connectivity index (χ0n) is 12.7. The van der Waals surface area contributed by atoms with Crippen LogP contribution in [0.2, 0.25) is 0 Å². The number of nitro groups is 1. The number of non-ortho nitro benzene ring substituents is 1. The van der Waals surface area contributed by atoms with Gasteiger partial charge < -0.3 is 5.32 Å². The second-order valence-corrected chi connectivity index (χ2v) is 6.34. The molecule has 0 amide bonds. The highest BCUT2D eigenvalue weighted by molar-refractivity contribution is 5.36. The molecule has 0 aliphatic carbocycles. The maximum absolute atomic E-state index is 10.8. The fraction of sp³-hybridized carbons (Fsp3) is 0.353. The molecule has 0 spiro atoms. The lowest BCUT2D eigenvalue weighted by atomic mass is 9.83. The zero-order valence-corrected chi connectivity index (χ0v) is 12.7. The van der Waals surface area contributed by atoms with Crippen LogP contribution in [0.25, 0.3) is 0 Å². The third-order valence-corrected chi connectivity index (χ3v) is 4.50. The lowest BCUT2D eigenvalue weighted by Gasteiger charge is -2.27. The van der Waals surface area contributed by atoms with E-state index in [4.69, 9.17) is 0 Å². The van der Waals surface area contributed by atoms with Gasteiger partial charge in [-0.1, -0.05) is 12.1 Å². The van der Waals surface area contributed by atoms with E-state index in [1.165, 1.54) is 5.56 Å². The minimum Gasteiger partial charge on any atom is -0.304 e. The molecule has 1 aromatic carbocycles. The monoisotopic (exact) mass is 297 g/mol. The van der Waals surface area contributed by atoms with E-state index in [0.717, 1.165) is 12.0 Å². The van der Waals surface area contributed by atoms with Gasteiger partial charge in [-0.25, -0.2) is 0 Å². The summed E-state index contributed by atoms with van der Waals surface area (Å²) in [5.74, 6) is 0.385. The number of nitrogens with zero attached hydrogens (tertiary/aromatic N) is 2. The van der Waals surface area contributed by atoms with Gasteiger partial charge in [0.15, 0.2) is 0 Å². The summed E-state index contributed by atoms with van der Waals surface area (Å²) in [5, 5.41) is 14.4. The van der Waals surface area contributed by atoms with Gasteiger partial charge in [0.2, 0.25) is 0 Å². The Bertz CT molecular complexity index is 668. The molecule has 0 saturated carbocycles. The average molecular weight is 297 g/mol. The van der Waals surface area contributed by atoms with Crippen molar-refractivity contribution >= 4 is 5.69 Å². The molecule has 1 saturated heterocycles. The van der Waals surface area contributed by atoms with Gasteiger partial charge in [-0.2, -0.15) is 0 Å². The van der Waals surface area contributed by atoms with Gasteiger partial charge in [0.1, 0.15) is 0 Å². The van der Waals surface area contributed by atoms with Crippen LogP contribution in [-0.4, -0.2) is 15.4 Å². The summed E-state index contributed by atoms with van der Waals surface area (Å²) in [6, 6.07) is 11.2. The van der Waals surface area contributed by atoms with Crippen molar-refractivity contribution in [2.45, 2.75) is 37.8 Å². The Morgan fingerprint density at radius 1 is 1.14 bits per heavy atom. The molecule has 5 heteroatoms. The summed E-state index contributed by atoms with van der Waals surface area (Å²) in [6.45, 7) is 4.40. The van der Waals surface area contributed by atoms with Crippen LogP contribution in [0.4, 0.5) is 5.69 Å². The molecule has 2 heterocycles. The SMILES string of the molecule is CC1(C)N[C@H](c2ccc([N+](=O)[O-])cc2)C[C@@H]1c1ccncc1. The van der Waals surface area contributed by atoms with E-state index in [0.29, 0.717) is 5.92 Å². The fourth-order valence-electron chi connectivity index (χ4n) is 3.34. The zero-order chi connectivity index (χ0) is 15.7. The van der Waals surface area contributed by atoms with Crippen molar-refractivity contribution in [2.75, 3.05) is 0 Å². The standard InChI is InChI=1S/C17H19N3O2/c1-17(2)15(12-7-9-18-10-8-12)11-16(19-17)13-3-5-14(6-4-13)20(21)22/h3-10,15-16,19H,11H2,1-2H3/t15-,16+/m1/s1. The first kappa shape index (κ1) is 14.7. The van der Waals surface area contributed by atoms with E-state index in [1.807, 2.05) is 24.5 Å². The first-order valence-electron chi connectivity index (χ1n) is 7.39. The molecule has 0 radical (unpaired) electrons. The number of benzene rings is 1. The van der Waals surface area contributed by atoms with Crippen molar-refractivity contribution in [1.29, 1.82) is 0 Å². The van der Waals surface area contributed by atoms with Gasteiger partial charge in [-0.3, -0.25) is 15.1 Å². The summed E-state index contributed by atoms with van der Waals surface area (Å²) in [6.07, 6.45) is 4.62. The van der Waals surface area contributed by atoms with Crippen molar-refractivity contribution in [3.05, 3.63) is 70.0 Å². The Morgan fingerprint density at radius 2 is 1.77 bits per heavy atom. The summed E-state index contributed by atoms with van der Waals surface area (Å²) in [5.41, 5.74) is 2.46. The fourth-order valence-corrected chi connectivity index (χ4v) is 3.34. The second kappa shape index (κ2) is 5.50. The summed E-state index contributed by atoms with van der Waals surface area (Å²) < 4.78 is 0. The number of rotatable bonds is 3. The van der Waals surface area contributed by atoms with Crippen LogP contribution in [0.1, 0.15) is 43.4 Å². The van der Waals surface area contributed by atoms with Crippen LogP contribution >= 0.6 is 0 Å². The molecular weight excluding hydrogens is 278 g/mol. The lowest BCUT2D eigenvalue weighted by Crippen LogP contribution is -2.37. The Morgan fingerprint density at radius 3 is 2.36 bits per heavy atom. The van der Waals surface area contributed by atoms with Crippen LogP contribution < -0.4 is 5.32 Å². The molecule has 2 aromatic rings. The molecule has 1 aliphatic heterocycles. The number of pyridine rings is 1. The number of hydrogen-bond donors (Lipinski definition) is 1. The normalized spacial score (nSPS) is 23.4. The molecule has 114 valence electrons. The van der Waals surface area contributed by atoms with Crippen LogP contribution in [-0.2, 0) is 0 Å². The van der Waals surface area contributed by atoms with Gasteiger partial charge in [0.05, 0.1) is 4.92 Å². The highest BCUT2D eigenvalue weighted by atomic mass is 16.6. The van der Waals surface area contributed by atoms with Gasteiger partial charge >= 0.3 is 0 Å². The maximum atomic E-state index is 10.8. The first-order chi connectivity index (χ1) is 10.5. The largest absolute Gasteiger partial charge is 0.304 e. The van der Waals surface area contributed by atoms with Crippen LogP contribution in [0, 0.1) is 10.1 Å². The number of hydrogen-bond acceptors (Lipinski definition) is 4. The molecule has 0 bridgehead atoms. The van der Waals surface area contributed by atoms with Crippen molar-refractivity contribution < 1.29 is 4.92 Å². The van der Waals surface area contributed by atoms with E-state index < -0.39 is 0 Å². The molecule has 1 N–H and O–H groups in total. The second-order valence-electron chi connectivity index (χ2n) is 6.34. The van der Waals surface area contributed by atoms with E-state index in [-0.39, 0.29) is 22.2 Å². The van der Waals surface area contributed by atoms with Crippen molar-refractivity contribution in [1.82, 2.24) is 10.3 Å². The molecular formula is C17H19N3O2. The highest BCUT2D eigenvalue weighted by Crippen LogP contribution is 2.43. The molecule has 0 unspecified atom stereocenters. The predicted octanol–water partition coefficient (Wildman–Crippen LogP) is 3.59. The third-order valence-electron chi connectivity index (χ3n) is 4.50. The van der Waals surface area contributed by atoms with Gasteiger partial charge in [-0.05, 0) is 43.5 Å². The van der Waals surface area contributed by atoms with Crippen LogP contribution in [0.5, 0.6) is 0 Å². The quantitative estimate of drug-likeness (QED) is 0.694. The molecule has 1 fully saturated rings. The van der Waals surface area contributed by atoms with Gasteiger partial charge in [-0.15, -0.1) is 0 Å². The maximum Gasteiger partial charge on any atom is 0.269 e. The van der Waals surface area contributed by atoms with Crippen molar-refractivity contribution in [2.24, 2.45) is 0 Å². The minimum atomic E-state index is -0.366. The van der Waals surface area contributed by atoms with Gasteiger partial charge in [0.25, 0.3) is 5.69 Å². The van der Waals surface area contributed by atoms with E-state index in [1.54, 1.807) is 12.1 Å². The van der Waals surface area contributed by atoms with Crippen LogP contribution in [0.15, 0.2) is 48.8 Å². The Labute approximate surface area is 129 Å². The summed E-state index contributed by atoms with van der Waals surface area (Å²) >= 11 is 0. The van der Waals surface area contributed by atoms with Crippen molar-refractivity contribution in [3.8, 4) is 0 Å². The topological polar surface area (TPSA) is 68.1 Å². The molecule has 5 nitrogen and oxygen atoms in total. The number of nitrogens with one attached hydrogen (secondary N) is 1.